The van der Waals surface area contributed by atoms with Gasteiger partial charge in [0.2, 0.25) is 5.91 Å². The highest BCUT2D eigenvalue weighted by molar-refractivity contribution is 6.15. The van der Waals surface area contributed by atoms with Gasteiger partial charge in [-0.05, 0) is 54.8 Å². The number of carbonyl (C=O) groups is 2. The second-order valence-corrected chi connectivity index (χ2v) is 9.24. The number of aromatic nitrogens is 1. The summed E-state index contributed by atoms with van der Waals surface area (Å²) in [4.78, 5) is 34.4. The topological polar surface area (TPSA) is 73.7 Å². The lowest BCUT2D eigenvalue weighted by Crippen LogP contribution is -2.56. The second kappa shape index (κ2) is 8.60. The van der Waals surface area contributed by atoms with E-state index in [0.29, 0.717) is 24.1 Å². The molecule has 0 spiro atoms. The minimum absolute atomic E-state index is 0.109. The molecule has 0 unspecified atom stereocenters. The number of aryl methyl sites for hydroxylation is 1. The summed E-state index contributed by atoms with van der Waals surface area (Å²) >= 11 is 0. The number of rotatable bonds is 3. The van der Waals surface area contributed by atoms with Crippen molar-refractivity contribution in [2.75, 3.05) is 11.6 Å². The van der Waals surface area contributed by atoms with Gasteiger partial charge >= 0.3 is 0 Å². The Balaban J connectivity index is 1.66. The number of pyridine rings is 1. The van der Waals surface area contributed by atoms with E-state index in [9.17, 15) is 14.7 Å². The van der Waals surface area contributed by atoms with E-state index in [1.807, 2.05) is 49.5 Å². The molecule has 1 aromatic heterocycles. The number of hydrogen-bond donors (Lipinski definition) is 1. The van der Waals surface area contributed by atoms with E-state index in [2.05, 4.69) is 11.1 Å². The monoisotopic (exact) mass is 443 g/mol. The van der Waals surface area contributed by atoms with E-state index >= 15 is 0 Å². The molecule has 5 rings (SSSR count). The van der Waals surface area contributed by atoms with Crippen molar-refractivity contribution in [3.63, 3.8) is 0 Å². The molecule has 2 amide bonds. The minimum Gasteiger partial charge on any atom is -0.391 e. The summed E-state index contributed by atoms with van der Waals surface area (Å²) < 4.78 is 0. The highest BCUT2D eigenvalue weighted by Gasteiger charge is 2.39. The molecule has 1 aliphatic heterocycles. The molecule has 0 bridgehead atoms. The van der Waals surface area contributed by atoms with Gasteiger partial charge in [0.05, 0.1) is 23.4 Å². The molecule has 2 atom stereocenters. The lowest BCUT2D eigenvalue weighted by Gasteiger charge is -2.44. The summed E-state index contributed by atoms with van der Waals surface area (Å²) in [6, 6.07) is 13.7. The highest BCUT2D eigenvalue weighted by Crippen LogP contribution is 2.39. The summed E-state index contributed by atoms with van der Waals surface area (Å²) in [6.07, 6.45) is 5.33. The van der Waals surface area contributed by atoms with Gasteiger partial charge in [0.25, 0.3) is 5.91 Å². The Morgan fingerprint density at radius 1 is 1.12 bits per heavy atom. The first-order valence-corrected chi connectivity index (χ1v) is 11.7. The third-order valence-corrected chi connectivity index (χ3v) is 7.00. The van der Waals surface area contributed by atoms with Crippen LogP contribution in [0.25, 0.3) is 10.8 Å². The van der Waals surface area contributed by atoms with Crippen molar-refractivity contribution in [3.8, 4) is 0 Å². The summed E-state index contributed by atoms with van der Waals surface area (Å²) in [5, 5.41) is 12.6. The number of nitrogens with zero attached hydrogens (tertiary/aromatic N) is 3. The van der Waals surface area contributed by atoms with Crippen LogP contribution >= 0.6 is 0 Å². The quantitative estimate of drug-likeness (QED) is 0.658. The molecule has 1 saturated carbocycles. The molecule has 2 aromatic carbocycles. The van der Waals surface area contributed by atoms with Gasteiger partial charge in [0.15, 0.2) is 0 Å². The van der Waals surface area contributed by atoms with E-state index in [-0.39, 0.29) is 24.5 Å². The van der Waals surface area contributed by atoms with Gasteiger partial charge in [0, 0.05) is 24.2 Å². The molecule has 0 saturated heterocycles. The number of carbonyl (C=O) groups excluding carboxylic acids is 2. The van der Waals surface area contributed by atoms with Crippen LogP contribution in [0.4, 0.5) is 5.69 Å². The Hall–Kier alpha value is -3.25. The maximum Gasteiger partial charge on any atom is 0.257 e. The van der Waals surface area contributed by atoms with Crippen LogP contribution in [0, 0.1) is 6.92 Å². The maximum atomic E-state index is 13.8. The van der Waals surface area contributed by atoms with Gasteiger partial charge in [-0.2, -0.15) is 0 Å². The molecule has 0 radical (unpaired) electrons. The van der Waals surface area contributed by atoms with Gasteiger partial charge in [-0.25, -0.2) is 0 Å². The predicted molar refractivity (Wildman–Crippen MR) is 128 cm³/mol. The third kappa shape index (κ3) is 3.89. The smallest absolute Gasteiger partial charge is 0.257 e. The van der Waals surface area contributed by atoms with Crippen LogP contribution in [0.15, 0.2) is 48.7 Å². The molecule has 1 N–H and O–H groups in total. The number of aliphatic hydroxyl groups is 1. The lowest BCUT2D eigenvalue weighted by molar-refractivity contribution is -0.117. The van der Waals surface area contributed by atoms with Crippen molar-refractivity contribution in [2.45, 2.75) is 58.1 Å². The first-order valence-electron chi connectivity index (χ1n) is 11.7. The predicted octanol–water partition coefficient (Wildman–Crippen LogP) is 4.20. The fourth-order valence-electron chi connectivity index (χ4n) is 5.27. The van der Waals surface area contributed by atoms with Gasteiger partial charge in [-0.1, -0.05) is 43.2 Å². The normalized spacial score (nSPS) is 20.8. The van der Waals surface area contributed by atoms with E-state index in [0.717, 1.165) is 46.9 Å². The van der Waals surface area contributed by atoms with Crippen molar-refractivity contribution < 1.29 is 14.7 Å². The van der Waals surface area contributed by atoms with Crippen molar-refractivity contribution in [2.24, 2.45) is 0 Å². The standard InChI is InChI=1S/C27H29N3O3/c1-17-11-12-19(15-28-17)13-20-14-23-26(22-8-4-3-7-21(20)22)29(18(2)31)16-30(27(23)33)24-9-5-6-10-25(24)32/h3-4,7-8,11-12,14-15,24-25,32H,5-6,9-10,13,16H2,1-2H3/t24-,25-/m0/s1. The van der Waals surface area contributed by atoms with Crippen molar-refractivity contribution in [1.82, 2.24) is 9.88 Å². The second-order valence-electron chi connectivity index (χ2n) is 9.24. The minimum atomic E-state index is -0.559. The largest absolute Gasteiger partial charge is 0.391 e. The van der Waals surface area contributed by atoms with Crippen LogP contribution in [0.1, 0.15) is 59.8 Å². The van der Waals surface area contributed by atoms with E-state index < -0.39 is 6.10 Å². The van der Waals surface area contributed by atoms with Gasteiger partial charge in [-0.3, -0.25) is 19.5 Å². The molecule has 1 aliphatic carbocycles. The zero-order valence-corrected chi connectivity index (χ0v) is 19.1. The molecule has 33 heavy (non-hydrogen) atoms. The first-order chi connectivity index (χ1) is 15.9. The molecule has 170 valence electrons. The molecule has 6 heteroatoms. The summed E-state index contributed by atoms with van der Waals surface area (Å²) in [5.74, 6) is -0.220. The third-order valence-electron chi connectivity index (χ3n) is 7.00. The van der Waals surface area contributed by atoms with Gasteiger partial charge in [0.1, 0.15) is 6.67 Å². The number of aliphatic hydroxyl groups excluding tert-OH is 1. The Morgan fingerprint density at radius 3 is 2.58 bits per heavy atom. The van der Waals surface area contributed by atoms with Crippen LogP contribution in [0.2, 0.25) is 0 Å². The molecule has 6 nitrogen and oxygen atoms in total. The average Bonchev–Trinajstić information content (AvgIpc) is 2.81. The lowest BCUT2D eigenvalue weighted by atomic mass is 9.89. The number of hydrogen-bond acceptors (Lipinski definition) is 4. The van der Waals surface area contributed by atoms with Gasteiger partial charge in [-0.15, -0.1) is 0 Å². The molecular weight excluding hydrogens is 414 g/mol. The van der Waals surface area contributed by atoms with Crippen molar-refractivity contribution in [3.05, 3.63) is 71.0 Å². The average molecular weight is 444 g/mol. The van der Waals surface area contributed by atoms with Crippen LogP contribution in [-0.2, 0) is 11.2 Å². The number of fused-ring (bicyclic) bond motifs is 3. The van der Waals surface area contributed by atoms with E-state index in [4.69, 9.17) is 0 Å². The number of amides is 2. The van der Waals surface area contributed by atoms with E-state index in [1.165, 1.54) is 6.92 Å². The molecule has 3 aromatic rings. The summed E-state index contributed by atoms with van der Waals surface area (Å²) in [5.41, 5.74) is 4.26. The number of benzene rings is 2. The van der Waals surface area contributed by atoms with Gasteiger partial charge < -0.3 is 10.0 Å². The number of anilines is 1. The Bertz CT molecular complexity index is 1220. The fraction of sp³-hybridized carbons (Fsp3) is 0.370. The zero-order chi connectivity index (χ0) is 23.1. The Kier molecular flexibility index (Phi) is 5.62. The summed E-state index contributed by atoms with van der Waals surface area (Å²) in [6.45, 7) is 3.67. The zero-order valence-electron chi connectivity index (χ0n) is 19.1. The fourth-order valence-corrected chi connectivity index (χ4v) is 5.27. The van der Waals surface area contributed by atoms with Crippen LogP contribution in [-0.4, -0.2) is 45.6 Å². The van der Waals surface area contributed by atoms with Crippen LogP contribution in [0.5, 0.6) is 0 Å². The molecule has 2 aliphatic rings. The molecule has 2 heterocycles. The SMILES string of the molecule is CC(=O)N1CN([C@H]2CCCC[C@@H]2O)C(=O)c2cc(Cc3ccc(C)nc3)c3ccccc3c21. The van der Waals surface area contributed by atoms with Crippen molar-refractivity contribution in [1.29, 1.82) is 0 Å². The van der Waals surface area contributed by atoms with E-state index in [1.54, 1.807) is 9.80 Å². The maximum absolute atomic E-state index is 13.8. The Labute approximate surface area is 193 Å². The summed E-state index contributed by atoms with van der Waals surface area (Å²) in [7, 11) is 0. The first kappa shape index (κ1) is 21.6. The Morgan fingerprint density at radius 2 is 1.88 bits per heavy atom. The van der Waals surface area contributed by atoms with Crippen LogP contribution in [0.3, 0.4) is 0 Å². The molecule has 1 fully saturated rings. The van der Waals surface area contributed by atoms with Crippen LogP contribution < -0.4 is 4.90 Å². The van der Waals surface area contributed by atoms with Crippen molar-refractivity contribution >= 4 is 28.3 Å². The molecular formula is C27H29N3O3. The highest BCUT2D eigenvalue weighted by atomic mass is 16.3.